The van der Waals surface area contributed by atoms with Gasteiger partial charge in [-0.25, -0.2) is 9.37 Å². The van der Waals surface area contributed by atoms with Crippen LogP contribution in [-0.4, -0.2) is 52.6 Å². The molecule has 4 nitrogen and oxygen atoms in total. The second-order valence-corrected chi connectivity index (χ2v) is 7.71. The van der Waals surface area contributed by atoms with E-state index in [1.54, 1.807) is 30.5 Å². The Morgan fingerprint density at radius 2 is 1.85 bits per heavy atom. The number of piperazine rings is 1. The number of hydrogen-bond donors (Lipinski definition) is 0. The Hall–Kier alpha value is -1.34. The molecule has 0 saturated carbocycles. The fourth-order valence-corrected chi connectivity index (χ4v) is 4.05. The maximum Gasteiger partial charge on any atom is 0.233 e. The van der Waals surface area contributed by atoms with Crippen molar-refractivity contribution in [1.82, 2.24) is 14.8 Å². The van der Waals surface area contributed by atoms with Gasteiger partial charge in [0.1, 0.15) is 10.8 Å². The number of pyridine rings is 1. The molecule has 1 amide bonds. The van der Waals surface area contributed by atoms with Crippen LogP contribution in [0.5, 0.6) is 0 Å². The largest absolute Gasteiger partial charge is 0.339 e. The molecule has 0 N–H and O–H groups in total. The highest BCUT2D eigenvalue weighted by molar-refractivity contribution is 8.00. The molecule has 1 aliphatic rings. The van der Waals surface area contributed by atoms with Crippen molar-refractivity contribution in [3.63, 3.8) is 0 Å². The van der Waals surface area contributed by atoms with Crippen LogP contribution in [0.15, 0.2) is 41.6 Å². The summed E-state index contributed by atoms with van der Waals surface area (Å²) in [4.78, 5) is 20.5. The first kappa shape index (κ1) is 19.4. The van der Waals surface area contributed by atoms with Crippen molar-refractivity contribution in [2.24, 2.45) is 0 Å². The maximum atomic E-state index is 13.9. The molecular weight excluding hydrogens is 396 g/mol. The molecule has 2 heterocycles. The van der Waals surface area contributed by atoms with Crippen LogP contribution >= 0.6 is 35.0 Å². The van der Waals surface area contributed by atoms with E-state index in [-0.39, 0.29) is 11.7 Å². The van der Waals surface area contributed by atoms with Gasteiger partial charge in [-0.05, 0) is 24.3 Å². The zero-order chi connectivity index (χ0) is 18.5. The van der Waals surface area contributed by atoms with E-state index < -0.39 is 0 Å². The van der Waals surface area contributed by atoms with Gasteiger partial charge in [0, 0.05) is 49.5 Å². The topological polar surface area (TPSA) is 36.4 Å². The second kappa shape index (κ2) is 9.04. The molecular formula is C18H18Cl2FN3OS. The van der Waals surface area contributed by atoms with Crippen LogP contribution in [0.2, 0.25) is 10.0 Å². The minimum atomic E-state index is -0.292. The van der Waals surface area contributed by atoms with Crippen molar-refractivity contribution in [3.8, 4) is 0 Å². The summed E-state index contributed by atoms with van der Waals surface area (Å²) in [6.07, 6.45) is 1.66. The summed E-state index contributed by atoms with van der Waals surface area (Å²) in [5.41, 5.74) is 0.509. The molecule has 1 aromatic carbocycles. The third kappa shape index (κ3) is 4.88. The number of thioether (sulfide) groups is 1. The third-order valence-corrected chi connectivity index (χ3v) is 5.99. The number of carbonyl (C=O) groups excluding carboxylic acids is 1. The Balaban J connectivity index is 1.49. The van der Waals surface area contributed by atoms with E-state index in [2.05, 4.69) is 9.88 Å². The lowest BCUT2D eigenvalue weighted by atomic mass is 10.2. The predicted molar refractivity (Wildman–Crippen MR) is 103 cm³/mol. The molecule has 0 bridgehead atoms. The first-order valence-corrected chi connectivity index (χ1v) is 9.95. The summed E-state index contributed by atoms with van der Waals surface area (Å²) >= 11 is 13.5. The van der Waals surface area contributed by atoms with Crippen LogP contribution in [0.1, 0.15) is 5.56 Å². The summed E-state index contributed by atoms with van der Waals surface area (Å²) in [6.45, 7) is 3.05. The van der Waals surface area contributed by atoms with Gasteiger partial charge >= 0.3 is 0 Å². The number of halogens is 3. The average molecular weight is 414 g/mol. The van der Waals surface area contributed by atoms with Crippen LogP contribution in [0.4, 0.5) is 4.39 Å². The number of nitrogens with zero attached hydrogens (tertiary/aromatic N) is 3. The standard InChI is InChI=1S/C18H18Cl2FN3OS/c19-14-3-1-5-16(21)13(14)11-23-7-9-24(10-8-23)17(25)12-26-18-15(20)4-2-6-22-18/h1-6H,7-12H2. The van der Waals surface area contributed by atoms with E-state index in [9.17, 15) is 9.18 Å². The number of aromatic nitrogens is 1. The van der Waals surface area contributed by atoms with Gasteiger partial charge in [-0.15, -0.1) is 0 Å². The Bertz CT molecular complexity index is 765. The van der Waals surface area contributed by atoms with E-state index in [4.69, 9.17) is 23.2 Å². The quantitative estimate of drug-likeness (QED) is 0.694. The Kier molecular flexibility index (Phi) is 6.75. The number of hydrogen-bond acceptors (Lipinski definition) is 4. The van der Waals surface area contributed by atoms with Crippen molar-refractivity contribution in [3.05, 3.63) is 58.0 Å². The lowest BCUT2D eigenvalue weighted by Crippen LogP contribution is -2.48. The van der Waals surface area contributed by atoms with Gasteiger partial charge in [0.2, 0.25) is 5.91 Å². The van der Waals surface area contributed by atoms with Gasteiger partial charge in [0.25, 0.3) is 0 Å². The maximum absolute atomic E-state index is 13.9. The van der Waals surface area contributed by atoms with Gasteiger partial charge in [-0.2, -0.15) is 0 Å². The molecule has 138 valence electrons. The van der Waals surface area contributed by atoms with Crippen LogP contribution in [0.25, 0.3) is 0 Å². The minimum absolute atomic E-state index is 0.0558. The smallest absolute Gasteiger partial charge is 0.233 e. The van der Waals surface area contributed by atoms with Gasteiger partial charge in [0.15, 0.2) is 0 Å². The van der Waals surface area contributed by atoms with Gasteiger partial charge in [-0.3, -0.25) is 9.69 Å². The molecule has 26 heavy (non-hydrogen) atoms. The van der Waals surface area contributed by atoms with E-state index >= 15 is 0 Å². The Morgan fingerprint density at radius 3 is 2.54 bits per heavy atom. The lowest BCUT2D eigenvalue weighted by Gasteiger charge is -2.35. The lowest BCUT2D eigenvalue weighted by molar-refractivity contribution is -0.130. The predicted octanol–water partition coefficient (Wildman–Crippen LogP) is 3.96. The molecule has 0 spiro atoms. The van der Waals surface area contributed by atoms with Crippen LogP contribution in [0.3, 0.4) is 0 Å². The van der Waals surface area contributed by atoms with Crippen LogP contribution in [0, 0.1) is 5.82 Å². The van der Waals surface area contributed by atoms with Crippen molar-refractivity contribution in [1.29, 1.82) is 0 Å². The second-order valence-electron chi connectivity index (χ2n) is 5.94. The summed E-state index contributed by atoms with van der Waals surface area (Å²) in [5.74, 6) is 0.0653. The average Bonchev–Trinajstić information content (AvgIpc) is 2.64. The molecule has 0 unspecified atom stereocenters. The molecule has 2 aromatic rings. The number of carbonyl (C=O) groups is 1. The van der Waals surface area contributed by atoms with Crippen molar-refractivity contribution in [2.45, 2.75) is 11.6 Å². The minimum Gasteiger partial charge on any atom is -0.339 e. The van der Waals surface area contributed by atoms with E-state index in [1.165, 1.54) is 17.8 Å². The first-order chi connectivity index (χ1) is 12.5. The molecule has 0 atom stereocenters. The van der Waals surface area contributed by atoms with Crippen molar-refractivity contribution in [2.75, 3.05) is 31.9 Å². The number of amides is 1. The molecule has 0 radical (unpaired) electrons. The Morgan fingerprint density at radius 1 is 1.12 bits per heavy atom. The van der Waals surface area contributed by atoms with Crippen molar-refractivity contribution >= 4 is 40.9 Å². The molecule has 8 heteroatoms. The highest BCUT2D eigenvalue weighted by Gasteiger charge is 2.22. The van der Waals surface area contributed by atoms with Gasteiger partial charge in [0.05, 0.1) is 10.8 Å². The van der Waals surface area contributed by atoms with E-state index in [0.717, 1.165) is 0 Å². The highest BCUT2D eigenvalue weighted by atomic mass is 35.5. The summed E-state index contributed by atoms with van der Waals surface area (Å²) < 4.78 is 13.9. The molecule has 1 aromatic heterocycles. The fourth-order valence-electron chi connectivity index (χ4n) is 2.76. The van der Waals surface area contributed by atoms with Crippen LogP contribution < -0.4 is 0 Å². The molecule has 3 rings (SSSR count). The SMILES string of the molecule is O=C(CSc1ncccc1Cl)N1CCN(Cc2c(F)cccc2Cl)CC1. The normalized spacial score (nSPS) is 15.3. The Labute approximate surface area is 166 Å². The monoisotopic (exact) mass is 413 g/mol. The fraction of sp³-hybridized carbons (Fsp3) is 0.333. The van der Waals surface area contributed by atoms with Gasteiger partial charge < -0.3 is 4.90 Å². The molecule has 0 aliphatic carbocycles. The first-order valence-electron chi connectivity index (χ1n) is 8.21. The number of rotatable bonds is 5. The van der Waals surface area contributed by atoms with E-state index in [0.29, 0.717) is 59.1 Å². The summed E-state index contributed by atoms with van der Waals surface area (Å²) in [7, 11) is 0. The zero-order valence-electron chi connectivity index (χ0n) is 14.0. The molecule has 1 saturated heterocycles. The summed E-state index contributed by atoms with van der Waals surface area (Å²) in [5, 5.41) is 1.65. The molecule has 1 aliphatic heterocycles. The number of benzene rings is 1. The van der Waals surface area contributed by atoms with Gasteiger partial charge in [-0.1, -0.05) is 41.0 Å². The van der Waals surface area contributed by atoms with Crippen LogP contribution in [-0.2, 0) is 11.3 Å². The summed E-state index contributed by atoms with van der Waals surface area (Å²) in [6, 6.07) is 8.23. The van der Waals surface area contributed by atoms with E-state index in [1.807, 2.05) is 4.90 Å². The highest BCUT2D eigenvalue weighted by Crippen LogP contribution is 2.25. The molecule has 1 fully saturated rings. The zero-order valence-corrected chi connectivity index (χ0v) is 16.3. The third-order valence-electron chi connectivity index (χ3n) is 4.23. The van der Waals surface area contributed by atoms with Crippen molar-refractivity contribution < 1.29 is 9.18 Å².